The number of amides is 18. The summed E-state index contributed by atoms with van der Waals surface area (Å²) in [6.07, 6.45) is -35.6. The molecule has 139 heavy (non-hydrogen) atoms. The first-order chi connectivity index (χ1) is 65.1. The number of aliphatic hydroxyl groups is 10. The van der Waals surface area contributed by atoms with E-state index in [-0.39, 0.29) is 51.6 Å². The first-order valence-electron chi connectivity index (χ1n) is 44.3. The minimum absolute atomic E-state index is 0.0187. The van der Waals surface area contributed by atoms with E-state index in [1.807, 2.05) is 0 Å². The number of carboxylic acid groups (broad SMARTS) is 2. The zero-order chi connectivity index (χ0) is 105. The highest BCUT2D eigenvalue weighted by Crippen LogP contribution is 2.34. The van der Waals surface area contributed by atoms with Gasteiger partial charge in [-0.15, -0.1) is 0 Å². The Bertz CT molecular complexity index is 4230. The van der Waals surface area contributed by atoms with Crippen molar-refractivity contribution in [3.8, 4) is 0 Å². The van der Waals surface area contributed by atoms with Gasteiger partial charge in [0, 0.05) is 53.6 Å². The lowest BCUT2D eigenvalue weighted by molar-refractivity contribution is -0.333. The van der Waals surface area contributed by atoms with E-state index in [1.54, 1.807) is 0 Å². The number of carbonyl (C=O) groups is 20. The molecule has 0 aliphatic carbocycles. The van der Waals surface area contributed by atoms with Crippen molar-refractivity contribution < 1.29 is 195 Å². The summed E-state index contributed by atoms with van der Waals surface area (Å²) < 4.78 is 46.6. The van der Waals surface area contributed by atoms with Gasteiger partial charge in [0.1, 0.15) is 164 Å². The minimum atomic E-state index is -1.98. The number of hydrogen-bond donors (Lipinski definition) is 31. The van der Waals surface area contributed by atoms with Crippen molar-refractivity contribution in [1.82, 2.24) is 79.8 Å². The van der Waals surface area contributed by atoms with Crippen LogP contribution in [0.1, 0.15) is 146 Å². The molecule has 4 rings (SSSR count). The van der Waals surface area contributed by atoms with E-state index in [0.29, 0.717) is 0 Å². The lowest BCUT2D eigenvalue weighted by atomic mass is 9.94. The Labute approximate surface area is 794 Å². The van der Waals surface area contributed by atoms with E-state index in [0.717, 1.165) is 69.2 Å². The largest absolute Gasteiger partial charge is 0.480 e. The number of unbranched alkanes of at least 4 members (excludes halogenated alkanes) is 2. The van der Waals surface area contributed by atoms with Gasteiger partial charge in [-0.2, -0.15) is 0 Å². The number of ether oxygens (including phenoxy) is 8. The SMILES string of the molecule is CC(=O)NC1C(OC2C(CO)OC(O)C(NC(C)=O)C2OC(C)C(=O)NC(C)C(=O)NC(CCC(=O)NC(CCCCNC(=O)CC(NC(=O)C(C)NC(=O)C(CCCCNC(=O)CC(N)C(N)=O)NC(=O)CCC(NC(=O)C(C)NC(=O)C(C)OC2C(NC(C)=O)C(O)OC(CO)C2OC2OC(CO)C(O)C(O)C2NC(C)=O)C(N)=O)C(=O)O)C(=O)NC(C)C(=O)O)C(N)=O)OC(CO)C(O)C1O. The number of primary amides is 3. The Morgan fingerprint density at radius 3 is 0.971 bits per heavy atom. The van der Waals surface area contributed by atoms with Gasteiger partial charge in [0.2, 0.25) is 106 Å². The second-order valence-corrected chi connectivity index (χ2v) is 33.5. The number of carbonyl (C=O) groups excluding carboxylic acids is 18. The lowest BCUT2D eigenvalue weighted by Crippen LogP contribution is -2.70. The number of carboxylic acids is 2. The average molecular weight is 2000 g/mol. The van der Waals surface area contributed by atoms with Crippen molar-refractivity contribution in [3.05, 3.63) is 0 Å². The summed E-state index contributed by atoms with van der Waals surface area (Å²) in [5.41, 5.74) is 21.9. The first kappa shape index (κ1) is 120. The molecule has 0 aromatic heterocycles. The van der Waals surface area contributed by atoms with Gasteiger partial charge in [0.05, 0.1) is 45.3 Å². The van der Waals surface area contributed by atoms with Gasteiger partial charge in [-0.05, 0) is 92.9 Å². The molecule has 0 bridgehead atoms. The van der Waals surface area contributed by atoms with Gasteiger partial charge >= 0.3 is 11.9 Å². The van der Waals surface area contributed by atoms with Crippen molar-refractivity contribution >= 4 is 118 Å². The zero-order valence-corrected chi connectivity index (χ0v) is 77.8. The number of aliphatic hydroxyl groups excluding tert-OH is 10. The summed E-state index contributed by atoms with van der Waals surface area (Å²) in [5, 5.41) is 161. The number of nitrogens with two attached hydrogens (primary N) is 4. The first-order valence-corrected chi connectivity index (χ1v) is 44.3. The Kier molecular flexibility index (Phi) is 50.1. The average Bonchev–Trinajstić information content (AvgIpc) is 0.775. The van der Waals surface area contributed by atoms with Gasteiger partial charge in [-0.3, -0.25) is 91.1 Å². The number of hydrogen-bond acceptors (Lipinski definition) is 39. The lowest BCUT2D eigenvalue weighted by Gasteiger charge is -2.48. The van der Waals surface area contributed by atoms with Crippen molar-refractivity contribution in [3.63, 3.8) is 0 Å². The van der Waals surface area contributed by atoms with Gasteiger partial charge in [-0.25, -0.2) is 4.79 Å². The quantitative estimate of drug-likeness (QED) is 0.0251. The molecule has 0 radical (unpaired) electrons. The highest BCUT2D eigenvalue weighted by Gasteiger charge is 2.56. The molecule has 59 nitrogen and oxygen atoms in total. The molecule has 4 fully saturated rings. The van der Waals surface area contributed by atoms with Crippen LogP contribution in [0.5, 0.6) is 0 Å². The molecule has 0 spiro atoms. The van der Waals surface area contributed by atoms with E-state index in [1.165, 1.54) is 0 Å². The monoisotopic (exact) mass is 2000 g/mol. The molecule has 59 heteroatoms. The van der Waals surface area contributed by atoms with Crippen LogP contribution >= 0.6 is 0 Å². The molecule has 4 saturated heterocycles. The predicted molar refractivity (Wildman–Crippen MR) is 463 cm³/mol. The van der Waals surface area contributed by atoms with E-state index in [2.05, 4.69) is 79.8 Å². The molecular weight excluding hydrogens is 1870 g/mol. The Hall–Kier alpha value is -11.4. The van der Waals surface area contributed by atoms with Crippen LogP contribution < -0.4 is 103 Å². The van der Waals surface area contributed by atoms with E-state index in [4.69, 9.17) is 60.8 Å². The molecule has 18 amide bonds. The topological polar surface area (TPSA) is 943 Å². The molecule has 4 aliphatic heterocycles. The van der Waals surface area contributed by atoms with E-state index >= 15 is 0 Å². The number of rotatable bonds is 57. The summed E-state index contributed by atoms with van der Waals surface area (Å²) in [7, 11) is 0. The Morgan fingerprint density at radius 1 is 0.331 bits per heavy atom. The zero-order valence-electron chi connectivity index (χ0n) is 77.8. The summed E-state index contributed by atoms with van der Waals surface area (Å²) in [5.74, 6) is -20.9. The maximum Gasteiger partial charge on any atom is 0.326 e. The highest BCUT2D eigenvalue weighted by molar-refractivity contribution is 5.97. The third-order valence-corrected chi connectivity index (χ3v) is 22.2. The van der Waals surface area contributed by atoms with Crippen LogP contribution in [-0.2, 0) is 134 Å². The smallest absolute Gasteiger partial charge is 0.326 e. The van der Waals surface area contributed by atoms with Crippen LogP contribution in [0.2, 0.25) is 0 Å². The molecule has 0 aromatic rings. The third-order valence-electron chi connectivity index (χ3n) is 22.2. The number of nitrogens with one attached hydrogen (secondary N) is 15. The molecule has 4 heterocycles. The van der Waals surface area contributed by atoms with Gasteiger partial charge in [-0.1, -0.05) is 0 Å². The molecule has 788 valence electrons. The molecule has 0 aromatic carbocycles. The molecule has 4 aliphatic rings. The number of aliphatic carboxylic acids is 2. The van der Waals surface area contributed by atoms with Gasteiger partial charge in [0.25, 0.3) is 0 Å². The van der Waals surface area contributed by atoms with Crippen LogP contribution in [0, 0.1) is 0 Å². The van der Waals surface area contributed by atoms with Gasteiger partial charge < -0.3 is 202 Å². The third kappa shape index (κ3) is 38.3. The van der Waals surface area contributed by atoms with Crippen molar-refractivity contribution in [2.75, 3.05) is 39.5 Å². The van der Waals surface area contributed by atoms with Crippen molar-refractivity contribution in [1.29, 1.82) is 0 Å². The van der Waals surface area contributed by atoms with Crippen molar-refractivity contribution in [2.24, 2.45) is 22.9 Å². The summed E-state index contributed by atoms with van der Waals surface area (Å²) >= 11 is 0. The maximum absolute atomic E-state index is 14.0. The second kappa shape index (κ2) is 58.0. The van der Waals surface area contributed by atoms with E-state index < -0.39 is 378 Å². The van der Waals surface area contributed by atoms with Crippen LogP contribution in [0.3, 0.4) is 0 Å². The molecule has 0 saturated carbocycles. The minimum Gasteiger partial charge on any atom is -0.480 e. The standard InChI is InChI=1S/C80H133N19O40/c1-29(87-71(122)33(5)132-63-55(93-37(9)106)77(130)134-47(27-102)61(63)138-79-53(91-35(7)104)59(114)57(112)45(25-100)136-79)68(119)97-40(66(83)117)17-19-49(108)95-42(15-11-13-21-85-51(110)23-39(81)65(82)116)73(124)89-31(3)70(121)99-44(76(128)129)24-52(111)86-22-14-12-16-43(74(125)90-32(4)75(126)127)96-50(109)20-18-41(67(84)118)98-69(120)30(2)88-72(123)34(6)133-64-56(94-38(10)107)78(131)135-48(28-103)62(64)139-80-54(92-36(8)105)60(115)58(113)46(26-101)137-80/h29-34,39-48,53-64,77-80,100-103,112-115,130-131H,11-28,81H2,1-10H3,(H2,82,116)(H2,83,117)(H2,84,118)(H,85,110)(H,86,111)(H,87,122)(H,88,123)(H,89,124)(H,90,125)(H,91,104)(H,92,105)(H,93,106)(H,94,107)(H,95,108)(H,96,109)(H,97,119)(H,98,120)(H,99,121)(H,126,127)(H,128,129). The fourth-order valence-electron chi connectivity index (χ4n) is 14.5. The summed E-state index contributed by atoms with van der Waals surface area (Å²) in [4.78, 5) is 259. The van der Waals surface area contributed by atoms with Gasteiger partial charge in [0.15, 0.2) is 25.2 Å². The summed E-state index contributed by atoms with van der Waals surface area (Å²) in [6, 6.07) is -22.4. The fraction of sp³-hybridized carbons (Fsp3) is 0.750. The second-order valence-electron chi connectivity index (χ2n) is 33.5. The highest BCUT2D eigenvalue weighted by atomic mass is 16.7. The van der Waals surface area contributed by atoms with Crippen LogP contribution in [-0.4, -0.2) is 414 Å². The van der Waals surface area contributed by atoms with Crippen LogP contribution in [0.25, 0.3) is 0 Å². The normalized spacial score (nSPS) is 27.1. The van der Waals surface area contributed by atoms with E-state index in [9.17, 15) is 157 Å². The fourth-order valence-corrected chi connectivity index (χ4v) is 14.5. The predicted octanol–water partition coefficient (Wildman–Crippen LogP) is -17.1. The Morgan fingerprint density at radius 2 is 0.655 bits per heavy atom. The molecule has 32 atom stereocenters. The summed E-state index contributed by atoms with van der Waals surface area (Å²) in [6.45, 7) is 6.92. The maximum atomic E-state index is 14.0. The van der Waals surface area contributed by atoms with Crippen LogP contribution in [0.4, 0.5) is 0 Å². The molecule has 35 N–H and O–H groups in total. The molecular formula is C80H133N19O40. The van der Waals surface area contributed by atoms with Crippen LogP contribution in [0.15, 0.2) is 0 Å². The molecule has 32 unspecified atom stereocenters. The van der Waals surface area contributed by atoms with Crippen molar-refractivity contribution in [2.45, 2.75) is 341 Å². The Balaban J connectivity index is 1.38.